The molecular weight excluding hydrogens is 580 g/mol. The number of amides is 1. The highest BCUT2D eigenvalue weighted by atomic mass is 16.7. The minimum absolute atomic E-state index is 0.0249. The Morgan fingerprint density at radius 2 is 1.59 bits per heavy atom. The fourth-order valence-corrected chi connectivity index (χ4v) is 5.68. The lowest BCUT2D eigenvalue weighted by Gasteiger charge is -2.39. The van der Waals surface area contributed by atoms with Crippen LogP contribution in [0, 0.1) is 0 Å². The summed E-state index contributed by atoms with van der Waals surface area (Å²) in [5.74, 6) is -0.350. The summed E-state index contributed by atoms with van der Waals surface area (Å²) in [4.78, 5) is 23.8. The van der Waals surface area contributed by atoms with Crippen LogP contribution in [-0.4, -0.2) is 56.7 Å². The first-order valence-electron chi connectivity index (χ1n) is 15.4. The average molecular weight is 619 g/mol. The molecule has 0 bridgehead atoms. The molecule has 1 fully saturated rings. The molecule has 0 unspecified atom stereocenters. The van der Waals surface area contributed by atoms with Crippen molar-refractivity contribution in [3.8, 4) is 0 Å². The number of aliphatic hydroxyl groups is 2. The largest absolute Gasteiger partial charge is 0.392 e. The number of para-hydroxylation sites is 2. The van der Waals surface area contributed by atoms with Crippen LogP contribution in [0.5, 0.6) is 0 Å². The maximum atomic E-state index is 12.9. The van der Waals surface area contributed by atoms with Gasteiger partial charge in [-0.15, -0.1) is 0 Å². The van der Waals surface area contributed by atoms with Crippen LogP contribution in [0.1, 0.15) is 64.6 Å². The van der Waals surface area contributed by atoms with Gasteiger partial charge in [0.2, 0.25) is 0 Å². The third-order valence-corrected chi connectivity index (χ3v) is 8.52. The molecule has 9 nitrogen and oxygen atoms in total. The zero-order valence-corrected chi connectivity index (χ0v) is 25.9. The Morgan fingerprint density at radius 1 is 0.913 bits per heavy atom. The summed E-state index contributed by atoms with van der Waals surface area (Å²) in [7, 11) is 1.99. The zero-order chi connectivity index (χ0) is 32.0. The Balaban J connectivity index is 1.17. The molecule has 1 aliphatic rings. The lowest BCUT2D eigenvalue weighted by atomic mass is 9.98. The molecule has 1 saturated heterocycles. The van der Waals surface area contributed by atoms with Crippen LogP contribution in [0.3, 0.4) is 0 Å². The van der Waals surface area contributed by atoms with Crippen molar-refractivity contribution in [2.24, 2.45) is 0 Å². The molecule has 0 radical (unpaired) electrons. The van der Waals surface area contributed by atoms with Gasteiger partial charge in [0, 0.05) is 30.3 Å². The second kappa shape index (κ2) is 14.3. The number of likely N-dealkylation sites (N-methyl/N-ethyl adjacent to an activating group) is 1. The SMILES string of the molecule is C[C@H]([C@@H](O)c1ccccc1)N(C)C[C@H]1C[C@@H](c2ccc(CO)cc2)O[C@@H](c2ccc(NC(=O)c3cnc4ccccc4n3)cc2)O1. The highest BCUT2D eigenvalue weighted by Crippen LogP contribution is 2.38. The van der Waals surface area contributed by atoms with E-state index in [1.165, 1.54) is 6.20 Å². The number of anilines is 1. The lowest BCUT2D eigenvalue weighted by Crippen LogP contribution is -2.43. The molecule has 0 aliphatic carbocycles. The standard InChI is InChI=1S/C37H38N4O5/c1-24(35(43)27-8-4-3-5-9-27)41(2)22-30-20-34(26-14-12-25(23-42)13-15-26)46-37(45-30)28-16-18-29(19-17-28)39-36(44)33-21-38-31-10-6-7-11-32(31)40-33/h3-19,21,24,30,34-35,37,42-43H,20,22-23H2,1-2H3,(H,39,44)/t24-,30-,34+,35-,37+/m1/s1. The third-order valence-electron chi connectivity index (χ3n) is 8.52. The first kappa shape index (κ1) is 31.5. The number of nitrogens with one attached hydrogen (secondary N) is 1. The molecule has 46 heavy (non-hydrogen) atoms. The van der Waals surface area contributed by atoms with E-state index in [0.29, 0.717) is 24.2 Å². The monoisotopic (exact) mass is 618 g/mol. The number of aromatic nitrogens is 2. The lowest BCUT2D eigenvalue weighted by molar-refractivity contribution is -0.253. The van der Waals surface area contributed by atoms with E-state index in [2.05, 4.69) is 20.2 Å². The van der Waals surface area contributed by atoms with Crippen LogP contribution in [0.4, 0.5) is 5.69 Å². The fourth-order valence-electron chi connectivity index (χ4n) is 5.68. The number of carbonyl (C=O) groups is 1. The topological polar surface area (TPSA) is 117 Å². The molecule has 0 saturated carbocycles. The molecule has 1 aliphatic heterocycles. The first-order chi connectivity index (χ1) is 22.4. The van der Waals surface area contributed by atoms with Crippen molar-refractivity contribution < 1.29 is 24.5 Å². The maximum Gasteiger partial charge on any atom is 0.275 e. The van der Waals surface area contributed by atoms with Crippen LogP contribution in [-0.2, 0) is 16.1 Å². The van der Waals surface area contributed by atoms with Gasteiger partial charge in [0.05, 0.1) is 42.1 Å². The molecule has 5 aromatic rings. The van der Waals surface area contributed by atoms with Gasteiger partial charge >= 0.3 is 0 Å². The van der Waals surface area contributed by atoms with Gasteiger partial charge in [-0.05, 0) is 54.9 Å². The molecule has 1 aromatic heterocycles. The number of rotatable bonds is 10. The normalized spacial score (nSPS) is 19.5. The van der Waals surface area contributed by atoms with E-state index in [-0.39, 0.29) is 36.5 Å². The van der Waals surface area contributed by atoms with Gasteiger partial charge in [-0.1, -0.05) is 78.9 Å². The third kappa shape index (κ3) is 7.31. The molecule has 3 N–H and O–H groups in total. The van der Waals surface area contributed by atoms with E-state index in [4.69, 9.17) is 9.47 Å². The Kier molecular flexibility index (Phi) is 9.77. The van der Waals surface area contributed by atoms with Crippen molar-refractivity contribution >= 4 is 22.6 Å². The first-order valence-corrected chi connectivity index (χ1v) is 15.4. The summed E-state index contributed by atoms with van der Waals surface area (Å²) >= 11 is 0. The van der Waals surface area contributed by atoms with Crippen molar-refractivity contribution in [2.45, 2.75) is 50.6 Å². The van der Waals surface area contributed by atoms with Gasteiger partial charge in [-0.25, -0.2) is 4.98 Å². The predicted octanol–water partition coefficient (Wildman–Crippen LogP) is 5.97. The van der Waals surface area contributed by atoms with E-state index in [9.17, 15) is 15.0 Å². The quantitative estimate of drug-likeness (QED) is 0.175. The summed E-state index contributed by atoms with van der Waals surface area (Å²) in [5.41, 5.74) is 5.73. The van der Waals surface area contributed by atoms with Crippen molar-refractivity contribution in [3.63, 3.8) is 0 Å². The number of fused-ring (bicyclic) bond motifs is 1. The summed E-state index contributed by atoms with van der Waals surface area (Å²) in [6, 6.07) is 32.1. The highest BCUT2D eigenvalue weighted by Gasteiger charge is 2.34. The highest BCUT2D eigenvalue weighted by molar-refractivity contribution is 6.03. The van der Waals surface area contributed by atoms with Gasteiger partial charge in [0.1, 0.15) is 5.69 Å². The summed E-state index contributed by atoms with van der Waals surface area (Å²) in [6.45, 7) is 2.57. The Hall–Kier alpha value is -4.51. The predicted molar refractivity (Wildman–Crippen MR) is 176 cm³/mol. The molecule has 6 rings (SSSR count). The number of aliphatic hydroxyl groups excluding tert-OH is 2. The Labute approximate surface area is 268 Å². The molecule has 236 valence electrons. The fraction of sp³-hybridized carbons (Fsp3) is 0.270. The molecule has 5 atom stereocenters. The molecule has 1 amide bonds. The van der Waals surface area contributed by atoms with Gasteiger partial charge < -0.3 is 25.0 Å². The van der Waals surface area contributed by atoms with E-state index >= 15 is 0 Å². The number of carbonyl (C=O) groups excluding carboxylic acids is 1. The van der Waals surface area contributed by atoms with Gasteiger partial charge in [-0.3, -0.25) is 14.7 Å². The second-order valence-electron chi connectivity index (χ2n) is 11.7. The van der Waals surface area contributed by atoms with Crippen molar-refractivity contribution in [1.29, 1.82) is 0 Å². The number of ether oxygens (including phenoxy) is 2. The van der Waals surface area contributed by atoms with Crippen LogP contribution >= 0.6 is 0 Å². The van der Waals surface area contributed by atoms with E-state index in [0.717, 1.165) is 27.8 Å². The number of benzene rings is 4. The maximum absolute atomic E-state index is 12.9. The minimum atomic E-state index is -0.653. The Bertz CT molecular complexity index is 1750. The van der Waals surface area contributed by atoms with Crippen LogP contribution in [0.2, 0.25) is 0 Å². The summed E-state index contributed by atoms with van der Waals surface area (Å²) in [6.07, 6.45) is 0.355. The molecule has 0 spiro atoms. The second-order valence-corrected chi connectivity index (χ2v) is 11.7. The average Bonchev–Trinajstić information content (AvgIpc) is 3.11. The molecule has 2 heterocycles. The molecule has 9 heteroatoms. The van der Waals surface area contributed by atoms with Gasteiger partial charge in [0.25, 0.3) is 5.91 Å². The number of hydrogen-bond donors (Lipinski definition) is 3. The van der Waals surface area contributed by atoms with Gasteiger partial charge in [-0.2, -0.15) is 0 Å². The molecular formula is C37H38N4O5. The number of hydrogen-bond acceptors (Lipinski definition) is 8. The Morgan fingerprint density at radius 3 is 2.30 bits per heavy atom. The van der Waals surface area contributed by atoms with Crippen molar-refractivity contribution in [1.82, 2.24) is 14.9 Å². The van der Waals surface area contributed by atoms with Crippen LogP contribution < -0.4 is 5.32 Å². The van der Waals surface area contributed by atoms with Crippen LogP contribution in [0.25, 0.3) is 11.0 Å². The summed E-state index contributed by atoms with van der Waals surface area (Å²) in [5, 5.41) is 23.5. The smallest absolute Gasteiger partial charge is 0.275 e. The minimum Gasteiger partial charge on any atom is -0.392 e. The van der Waals surface area contributed by atoms with E-state index < -0.39 is 12.4 Å². The van der Waals surface area contributed by atoms with E-state index in [1.54, 1.807) is 0 Å². The van der Waals surface area contributed by atoms with Crippen LogP contribution in [0.15, 0.2) is 109 Å². The van der Waals surface area contributed by atoms with Crippen molar-refractivity contribution in [3.05, 3.63) is 137 Å². The number of nitrogens with zero attached hydrogens (tertiary/aromatic N) is 3. The van der Waals surface area contributed by atoms with Crippen molar-refractivity contribution in [2.75, 3.05) is 18.9 Å². The van der Waals surface area contributed by atoms with Gasteiger partial charge in [0.15, 0.2) is 6.29 Å². The molecule has 4 aromatic carbocycles. The zero-order valence-electron chi connectivity index (χ0n) is 25.9. The summed E-state index contributed by atoms with van der Waals surface area (Å²) < 4.78 is 13.0. The van der Waals surface area contributed by atoms with E-state index in [1.807, 2.05) is 117 Å².